The molecule has 0 aliphatic carbocycles. The number of aromatic nitrogens is 3. The third-order valence-corrected chi connectivity index (χ3v) is 5.45. The molecule has 1 amide bonds. The van der Waals surface area contributed by atoms with Crippen molar-refractivity contribution in [3.05, 3.63) is 54.6 Å². The highest BCUT2D eigenvalue weighted by Gasteiger charge is 2.32. The molecule has 0 saturated carbocycles. The lowest BCUT2D eigenvalue weighted by molar-refractivity contribution is 0.0670. The quantitative estimate of drug-likeness (QED) is 0.789. The molecule has 1 fully saturated rings. The number of amides is 1. The normalized spacial score (nSPS) is 20.3. The van der Waals surface area contributed by atoms with Gasteiger partial charge in [-0.1, -0.05) is 6.92 Å². The minimum atomic E-state index is 0.0826. The van der Waals surface area contributed by atoms with E-state index < -0.39 is 0 Å². The highest BCUT2D eigenvalue weighted by atomic mass is 16.2. The van der Waals surface area contributed by atoms with Crippen LogP contribution in [-0.4, -0.2) is 51.9 Å². The molecule has 4 heterocycles. The Hall–Kier alpha value is -2.89. The van der Waals surface area contributed by atoms with Crippen LogP contribution in [0.5, 0.6) is 0 Å². The number of likely N-dealkylation sites (N-methyl/N-ethyl adjacent to an activating group) is 1. The van der Waals surface area contributed by atoms with Gasteiger partial charge in [-0.2, -0.15) is 0 Å². The minimum absolute atomic E-state index is 0.0826. The summed E-state index contributed by atoms with van der Waals surface area (Å²) in [6.07, 6.45) is 8.08. The number of fused-ring (bicyclic) bond motifs is 1. The molecule has 1 aliphatic heterocycles. The van der Waals surface area contributed by atoms with Gasteiger partial charge in [0.1, 0.15) is 5.65 Å². The molecule has 134 valence electrons. The Bertz CT molecular complexity index is 907. The first-order valence-corrected chi connectivity index (χ1v) is 8.99. The number of nitrogens with zero attached hydrogens (tertiary/aromatic N) is 4. The van der Waals surface area contributed by atoms with Crippen molar-refractivity contribution in [1.29, 1.82) is 0 Å². The van der Waals surface area contributed by atoms with Crippen LogP contribution in [0.15, 0.2) is 49.1 Å². The van der Waals surface area contributed by atoms with Gasteiger partial charge >= 0.3 is 0 Å². The fourth-order valence-electron chi connectivity index (χ4n) is 3.85. The van der Waals surface area contributed by atoms with E-state index in [0.29, 0.717) is 18.0 Å². The molecule has 4 rings (SSSR count). The first kappa shape index (κ1) is 16.6. The Morgan fingerprint density at radius 2 is 2.04 bits per heavy atom. The maximum atomic E-state index is 12.8. The van der Waals surface area contributed by atoms with E-state index in [1.54, 1.807) is 24.5 Å². The molecule has 26 heavy (non-hydrogen) atoms. The van der Waals surface area contributed by atoms with Crippen molar-refractivity contribution in [2.75, 3.05) is 25.0 Å². The van der Waals surface area contributed by atoms with Crippen LogP contribution in [0, 0.1) is 5.92 Å². The van der Waals surface area contributed by atoms with Crippen LogP contribution in [-0.2, 0) is 0 Å². The predicted molar refractivity (Wildman–Crippen MR) is 102 cm³/mol. The number of anilines is 1. The lowest BCUT2D eigenvalue weighted by atomic mass is 9.91. The molecule has 6 nitrogen and oxygen atoms in total. The van der Waals surface area contributed by atoms with E-state index in [1.165, 1.54) is 0 Å². The predicted octanol–water partition coefficient (Wildman–Crippen LogP) is 2.94. The fourth-order valence-corrected chi connectivity index (χ4v) is 3.85. The molecule has 6 heteroatoms. The molecule has 1 saturated heterocycles. The third kappa shape index (κ3) is 2.92. The van der Waals surface area contributed by atoms with Crippen molar-refractivity contribution in [1.82, 2.24) is 19.9 Å². The summed E-state index contributed by atoms with van der Waals surface area (Å²) in [5.74, 6) is 0.586. The number of nitrogens with one attached hydrogen (secondary N) is 1. The van der Waals surface area contributed by atoms with Crippen molar-refractivity contribution in [2.24, 2.45) is 5.92 Å². The molecule has 1 aliphatic rings. The monoisotopic (exact) mass is 349 g/mol. The van der Waals surface area contributed by atoms with Crippen LogP contribution in [0.2, 0.25) is 0 Å². The van der Waals surface area contributed by atoms with E-state index in [-0.39, 0.29) is 11.9 Å². The van der Waals surface area contributed by atoms with Crippen molar-refractivity contribution in [3.8, 4) is 0 Å². The van der Waals surface area contributed by atoms with Crippen molar-refractivity contribution < 1.29 is 4.79 Å². The molecule has 0 radical (unpaired) electrons. The topological polar surface area (TPSA) is 65.1 Å². The first-order valence-electron chi connectivity index (χ1n) is 8.99. The van der Waals surface area contributed by atoms with E-state index in [1.807, 2.05) is 23.4 Å². The largest absolute Gasteiger partial charge is 0.369 e. The van der Waals surface area contributed by atoms with Gasteiger partial charge in [0.05, 0.1) is 0 Å². The highest BCUT2D eigenvalue weighted by Crippen LogP contribution is 2.30. The molecule has 1 N–H and O–H groups in total. The van der Waals surface area contributed by atoms with Crippen molar-refractivity contribution in [3.63, 3.8) is 0 Å². The molecule has 2 atom stereocenters. The van der Waals surface area contributed by atoms with Gasteiger partial charge in [-0.3, -0.25) is 9.78 Å². The average molecular weight is 349 g/mol. The summed E-state index contributed by atoms with van der Waals surface area (Å²) in [7, 11) is 2.11. The second-order valence-corrected chi connectivity index (χ2v) is 7.00. The van der Waals surface area contributed by atoms with Crippen LogP contribution in [0.3, 0.4) is 0 Å². The lowest BCUT2D eigenvalue weighted by Gasteiger charge is -2.42. The maximum absolute atomic E-state index is 12.8. The standard InChI is InChI=1S/C20H23N5O/c1-14-7-12-25(20(26)15-3-8-21-9-4-15)13-18(14)24(2)17-6-11-23-19-16(17)5-10-22-19/h3-6,8-11,14,18H,7,12-13H2,1-2H3,(H,22,23)/t14-,18?/m1/s1. The van der Waals surface area contributed by atoms with Crippen LogP contribution < -0.4 is 4.90 Å². The molecular weight excluding hydrogens is 326 g/mol. The van der Waals surface area contributed by atoms with Gasteiger partial charge in [-0.25, -0.2) is 4.98 Å². The van der Waals surface area contributed by atoms with Gasteiger partial charge in [0, 0.05) is 67.6 Å². The smallest absolute Gasteiger partial charge is 0.254 e. The van der Waals surface area contributed by atoms with E-state index in [0.717, 1.165) is 29.7 Å². The molecule has 3 aromatic heterocycles. The highest BCUT2D eigenvalue weighted by molar-refractivity contribution is 5.94. The second kappa shape index (κ2) is 6.78. The van der Waals surface area contributed by atoms with Gasteiger partial charge in [-0.15, -0.1) is 0 Å². The SMILES string of the molecule is C[C@@H]1CCN(C(=O)c2ccncc2)CC1N(C)c1ccnc2[nH]ccc12. The zero-order valence-corrected chi connectivity index (χ0v) is 15.1. The number of H-pyrrole nitrogens is 1. The Balaban J connectivity index is 1.59. The van der Waals surface area contributed by atoms with E-state index in [9.17, 15) is 4.79 Å². The summed E-state index contributed by atoms with van der Waals surface area (Å²) in [6.45, 7) is 3.78. The van der Waals surface area contributed by atoms with Gasteiger partial charge < -0.3 is 14.8 Å². The summed E-state index contributed by atoms with van der Waals surface area (Å²) >= 11 is 0. The molecular formula is C20H23N5O. The Morgan fingerprint density at radius 1 is 1.23 bits per heavy atom. The average Bonchev–Trinajstić information content (AvgIpc) is 3.17. The molecule has 0 spiro atoms. The van der Waals surface area contributed by atoms with Crippen LogP contribution in [0.1, 0.15) is 23.7 Å². The van der Waals surface area contributed by atoms with E-state index in [4.69, 9.17) is 0 Å². The number of rotatable bonds is 3. The molecule has 0 aromatic carbocycles. The van der Waals surface area contributed by atoms with Gasteiger partial charge in [0.15, 0.2) is 0 Å². The maximum Gasteiger partial charge on any atom is 0.254 e. The first-order chi connectivity index (χ1) is 12.6. The van der Waals surface area contributed by atoms with Crippen LogP contribution in [0.4, 0.5) is 5.69 Å². The lowest BCUT2D eigenvalue weighted by Crippen LogP contribution is -2.52. The number of pyridine rings is 2. The number of likely N-dealkylation sites (tertiary alicyclic amines) is 1. The molecule has 1 unspecified atom stereocenters. The van der Waals surface area contributed by atoms with Gasteiger partial charge in [0.2, 0.25) is 0 Å². The molecule has 3 aromatic rings. The number of piperidine rings is 1. The summed E-state index contributed by atoms with van der Waals surface area (Å²) in [4.78, 5) is 28.7. The number of hydrogen-bond donors (Lipinski definition) is 1. The van der Waals surface area contributed by atoms with Gasteiger partial charge in [-0.05, 0) is 36.6 Å². The number of carbonyl (C=O) groups is 1. The van der Waals surface area contributed by atoms with Crippen molar-refractivity contribution >= 4 is 22.6 Å². The summed E-state index contributed by atoms with van der Waals surface area (Å²) in [6, 6.07) is 7.93. The Labute approximate surface area is 152 Å². The van der Waals surface area contributed by atoms with Crippen molar-refractivity contribution in [2.45, 2.75) is 19.4 Å². The number of hydrogen-bond acceptors (Lipinski definition) is 4. The van der Waals surface area contributed by atoms with E-state index >= 15 is 0 Å². The summed E-state index contributed by atoms with van der Waals surface area (Å²) < 4.78 is 0. The summed E-state index contributed by atoms with van der Waals surface area (Å²) in [5, 5.41) is 1.11. The zero-order chi connectivity index (χ0) is 18.1. The third-order valence-electron chi connectivity index (χ3n) is 5.45. The van der Waals surface area contributed by atoms with Gasteiger partial charge in [0.25, 0.3) is 5.91 Å². The summed E-state index contributed by atoms with van der Waals surface area (Å²) in [5.41, 5.74) is 2.74. The van der Waals surface area contributed by atoms with E-state index in [2.05, 4.69) is 39.9 Å². The second-order valence-electron chi connectivity index (χ2n) is 7.00. The van der Waals surface area contributed by atoms with Crippen LogP contribution in [0.25, 0.3) is 11.0 Å². The molecule has 0 bridgehead atoms. The number of carbonyl (C=O) groups excluding carboxylic acids is 1. The van der Waals surface area contributed by atoms with Crippen LogP contribution >= 0.6 is 0 Å². The zero-order valence-electron chi connectivity index (χ0n) is 15.1. The fraction of sp³-hybridized carbons (Fsp3) is 0.350. The Morgan fingerprint density at radius 3 is 2.85 bits per heavy atom. The minimum Gasteiger partial charge on any atom is -0.369 e. The number of aromatic amines is 1. The Kier molecular flexibility index (Phi) is 4.32.